The molecular formula is C9H14N2O. The van der Waals surface area contributed by atoms with E-state index < -0.39 is 5.60 Å². The van der Waals surface area contributed by atoms with E-state index in [4.69, 9.17) is 5.73 Å². The Balaban J connectivity index is 2.64. The molecule has 0 saturated carbocycles. The van der Waals surface area contributed by atoms with Gasteiger partial charge in [0.15, 0.2) is 0 Å². The van der Waals surface area contributed by atoms with E-state index in [9.17, 15) is 5.11 Å². The van der Waals surface area contributed by atoms with Crippen molar-refractivity contribution in [2.24, 2.45) is 5.73 Å². The maximum Gasteiger partial charge on any atom is 0.0796 e. The van der Waals surface area contributed by atoms with Gasteiger partial charge in [-0.25, -0.2) is 0 Å². The molecule has 66 valence electrons. The number of aliphatic hydroxyl groups is 1. The van der Waals surface area contributed by atoms with E-state index in [2.05, 4.69) is 4.98 Å². The second-order valence-electron chi connectivity index (χ2n) is 3.20. The van der Waals surface area contributed by atoms with Gasteiger partial charge in [0.1, 0.15) is 0 Å². The Bertz CT molecular complexity index is 234. The number of rotatable bonds is 3. The van der Waals surface area contributed by atoms with Gasteiger partial charge in [0, 0.05) is 24.9 Å². The topological polar surface area (TPSA) is 59.1 Å². The Morgan fingerprint density at radius 1 is 1.58 bits per heavy atom. The summed E-state index contributed by atoms with van der Waals surface area (Å²) in [5.41, 5.74) is 5.41. The van der Waals surface area contributed by atoms with Gasteiger partial charge in [-0.3, -0.25) is 4.98 Å². The normalized spacial score (nSPS) is 15.6. The van der Waals surface area contributed by atoms with Crippen LogP contribution < -0.4 is 5.73 Å². The van der Waals surface area contributed by atoms with E-state index in [1.54, 1.807) is 13.1 Å². The molecule has 3 nitrogen and oxygen atoms in total. The number of pyridine rings is 1. The van der Waals surface area contributed by atoms with Crippen LogP contribution in [-0.4, -0.2) is 22.2 Å². The van der Waals surface area contributed by atoms with Crippen molar-refractivity contribution in [2.45, 2.75) is 18.9 Å². The summed E-state index contributed by atoms with van der Waals surface area (Å²) >= 11 is 0. The lowest BCUT2D eigenvalue weighted by Gasteiger charge is -2.19. The van der Waals surface area contributed by atoms with Crippen LogP contribution >= 0.6 is 0 Å². The Morgan fingerprint density at radius 2 is 2.33 bits per heavy atom. The molecule has 1 aromatic heterocycles. The standard InChI is InChI=1S/C9H14N2O/c1-9(12,7-10)6-8-4-2-3-5-11-8/h2-5,12H,6-7,10H2,1H3. The number of aromatic nitrogens is 1. The molecule has 1 aromatic rings. The smallest absolute Gasteiger partial charge is 0.0796 e. The minimum Gasteiger partial charge on any atom is -0.388 e. The molecule has 1 heterocycles. The van der Waals surface area contributed by atoms with Crippen molar-refractivity contribution in [2.75, 3.05) is 6.54 Å². The van der Waals surface area contributed by atoms with Crippen LogP contribution in [0.1, 0.15) is 12.6 Å². The molecule has 0 spiro atoms. The largest absolute Gasteiger partial charge is 0.388 e. The van der Waals surface area contributed by atoms with Crippen LogP contribution in [0, 0.1) is 0 Å². The van der Waals surface area contributed by atoms with Crippen LogP contribution in [0.2, 0.25) is 0 Å². The van der Waals surface area contributed by atoms with E-state index in [1.807, 2.05) is 18.2 Å². The highest BCUT2D eigenvalue weighted by molar-refractivity contribution is 5.06. The van der Waals surface area contributed by atoms with Gasteiger partial charge >= 0.3 is 0 Å². The maximum absolute atomic E-state index is 9.61. The Kier molecular flexibility index (Phi) is 2.78. The first kappa shape index (κ1) is 9.16. The van der Waals surface area contributed by atoms with Crippen LogP contribution in [0.4, 0.5) is 0 Å². The Morgan fingerprint density at radius 3 is 2.83 bits per heavy atom. The summed E-state index contributed by atoms with van der Waals surface area (Å²) in [6, 6.07) is 5.62. The molecule has 0 radical (unpaired) electrons. The summed E-state index contributed by atoms with van der Waals surface area (Å²) in [6.45, 7) is 1.96. The zero-order valence-corrected chi connectivity index (χ0v) is 7.20. The molecule has 0 bridgehead atoms. The lowest BCUT2D eigenvalue weighted by Crippen LogP contribution is -2.36. The first-order valence-corrected chi connectivity index (χ1v) is 3.96. The van der Waals surface area contributed by atoms with Crippen molar-refractivity contribution < 1.29 is 5.11 Å². The van der Waals surface area contributed by atoms with Gasteiger partial charge in [-0.1, -0.05) is 6.07 Å². The minimum absolute atomic E-state index is 0.254. The summed E-state index contributed by atoms with van der Waals surface area (Å²) in [4.78, 5) is 4.10. The summed E-state index contributed by atoms with van der Waals surface area (Å²) in [5.74, 6) is 0. The van der Waals surface area contributed by atoms with Crippen LogP contribution in [0.3, 0.4) is 0 Å². The lowest BCUT2D eigenvalue weighted by molar-refractivity contribution is 0.0686. The molecule has 0 aliphatic rings. The molecule has 3 N–H and O–H groups in total. The average Bonchev–Trinajstić information content (AvgIpc) is 2.06. The summed E-state index contributed by atoms with van der Waals surface area (Å²) < 4.78 is 0. The molecule has 0 aliphatic carbocycles. The number of nitrogens with two attached hydrogens (primary N) is 1. The fourth-order valence-corrected chi connectivity index (χ4v) is 0.965. The second kappa shape index (κ2) is 3.65. The SMILES string of the molecule is CC(O)(CN)Cc1ccccn1. The summed E-state index contributed by atoms with van der Waals surface area (Å²) in [6.07, 6.45) is 2.21. The minimum atomic E-state index is -0.839. The van der Waals surface area contributed by atoms with Crippen molar-refractivity contribution in [3.8, 4) is 0 Å². The predicted octanol–water partition coefficient (Wildman–Crippen LogP) is 0.334. The second-order valence-corrected chi connectivity index (χ2v) is 3.20. The molecule has 0 fully saturated rings. The van der Waals surface area contributed by atoms with E-state index >= 15 is 0 Å². The number of nitrogens with zero attached hydrogens (tertiary/aromatic N) is 1. The maximum atomic E-state index is 9.61. The van der Waals surface area contributed by atoms with Crippen LogP contribution in [-0.2, 0) is 6.42 Å². The fourth-order valence-electron chi connectivity index (χ4n) is 0.965. The third kappa shape index (κ3) is 2.60. The molecule has 0 saturated heterocycles. The van der Waals surface area contributed by atoms with Gasteiger partial charge in [0.25, 0.3) is 0 Å². The first-order chi connectivity index (χ1) is 5.64. The molecule has 1 rings (SSSR count). The van der Waals surface area contributed by atoms with Gasteiger partial charge in [0.05, 0.1) is 5.60 Å². The average molecular weight is 166 g/mol. The first-order valence-electron chi connectivity index (χ1n) is 3.96. The van der Waals surface area contributed by atoms with Gasteiger partial charge in [-0.15, -0.1) is 0 Å². The van der Waals surface area contributed by atoms with Crippen molar-refractivity contribution in [3.63, 3.8) is 0 Å². The molecule has 1 unspecified atom stereocenters. The number of hydrogen-bond donors (Lipinski definition) is 2. The lowest BCUT2D eigenvalue weighted by atomic mass is 10.0. The van der Waals surface area contributed by atoms with E-state index in [1.165, 1.54) is 0 Å². The molecule has 1 atom stereocenters. The molecule has 3 heteroatoms. The Hall–Kier alpha value is -0.930. The zero-order valence-electron chi connectivity index (χ0n) is 7.20. The predicted molar refractivity (Wildman–Crippen MR) is 47.6 cm³/mol. The van der Waals surface area contributed by atoms with Gasteiger partial charge in [-0.05, 0) is 19.1 Å². The Labute approximate surface area is 72.2 Å². The molecule has 0 amide bonds. The van der Waals surface area contributed by atoms with Crippen LogP contribution in [0.25, 0.3) is 0 Å². The van der Waals surface area contributed by atoms with Crippen LogP contribution in [0.5, 0.6) is 0 Å². The van der Waals surface area contributed by atoms with Crippen molar-refractivity contribution >= 4 is 0 Å². The van der Waals surface area contributed by atoms with Gasteiger partial charge in [0.2, 0.25) is 0 Å². The van der Waals surface area contributed by atoms with Crippen molar-refractivity contribution in [1.82, 2.24) is 4.98 Å². The third-order valence-electron chi connectivity index (χ3n) is 1.73. The highest BCUT2D eigenvalue weighted by Gasteiger charge is 2.18. The summed E-state index contributed by atoms with van der Waals surface area (Å²) in [5, 5.41) is 9.61. The third-order valence-corrected chi connectivity index (χ3v) is 1.73. The quantitative estimate of drug-likeness (QED) is 0.680. The zero-order chi connectivity index (χ0) is 9.03. The highest BCUT2D eigenvalue weighted by Crippen LogP contribution is 2.08. The summed E-state index contributed by atoms with van der Waals surface area (Å²) in [7, 11) is 0. The molecule has 0 aliphatic heterocycles. The van der Waals surface area contributed by atoms with Gasteiger partial charge < -0.3 is 10.8 Å². The fraction of sp³-hybridized carbons (Fsp3) is 0.444. The van der Waals surface area contributed by atoms with E-state index in [-0.39, 0.29) is 6.54 Å². The monoisotopic (exact) mass is 166 g/mol. The van der Waals surface area contributed by atoms with Crippen LogP contribution in [0.15, 0.2) is 24.4 Å². The molecule has 12 heavy (non-hydrogen) atoms. The van der Waals surface area contributed by atoms with E-state index in [0.717, 1.165) is 5.69 Å². The van der Waals surface area contributed by atoms with Crippen molar-refractivity contribution in [1.29, 1.82) is 0 Å². The van der Waals surface area contributed by atoms with Gasteiger partial charge in [-0.2, -0.15) is 0 Å². The van der Waals surface area contributed by atoms with Crippen molar-refractivity contribution in [3.05, 3.63) is 30.1 Å². The van der Waals surface area contributed by atoms with E-state index in [0.29, 0.717) is 6.42 Å². The molecule has 0 aromatic carbocycles. The number of hydrogen-bond acceptors (Lipinski definition) is 3. The highest BCUT2D eigenvalue weighted by atomic mass is 16.3. The molecular weight excluding hydrogens is 152 g/mol.